The maximum atomic E-state index is 11.9. The molecule has 0 aliphatic rings. The van der Waals surface area contributed by atoms with Gasteiger partial charge in [0.25, 0.3) is 5.91 Å². The number of hydrogen-bond donors (Lipinski definition) is 1. The second kappa shape index (κ2) is 9.91. The first-order valence-electron chi connectivity index (χ1n) is 8.22. The van der Waals surface area contributed by atoms with Gasteiger partial charge in [-0.3, -0.25) is 9.78 Å². The Morgan fingerprint density at radius 3 is 2.88 bits per heavy atom. The number of hydrogen-bond acceptors (Lipinski definition) is 5. The normalized spacial score (nSPS) is 11.8. The molecule has 0 radical (unpaired) electrons. The lowest BCUT2D eigenvalue weighted by atomic mass is 10.2. The maximum absolute atomic E-state index is 11.9. The molecule has 0 aliphatic heterocycles. The van der Waals surface area contributed by atoms with Gasteiger partial charge >= 0.3 is 5.97 Å². The van der Waals surface area contributed by atoms with E-state index in [1.807, 2.05) is 19.9 Å². The Labute approximate surface area is 170 Å². The molecule has 0 saturated carbocycles. The van der Waals surface area contributed by atoms with Crippen LogP contribution in [0.2, 0.25) is 5.02 Å². The van der Waals surface area contributed by atoms with Gasteiger partial charge in [-0.15, -0.1) is 0 Å². The lowest BCUT2D eigenvalue weighted by Crippen LogP contribution is -2.36. The molecule has 2 rings (SSSR count). The molecular formula is C18H20ClIN2O4. The zero-order valence-electron chi connectivity index (χ0n) is 14.6. The van der Waals surface area contributed by atoms with E-state index in [9.17, 15) is 9.59 Å². The molecule has 140 valence electrons. The molecule has 0 saturated heterocycles. The van der Waals surface area contributed by atoms with Gasteiger partial charge in [0.2, 0.25) is 0 Å². The number of amides is 1. The quantitative estimate of drug-likeness (QED) is 0.451. The van der Waals surface area contributed by atoms with Crippen molar-refractivity contribution in [3.8, 4) is 5.75 Å². The van der Waals surface area contributed by atoms with Crippen molar-refractivity contribution >= 4 is 57.0 Å². The molecule has 1 aromatic carbocycles. The van der Waals surface area contributed by atoms with E-state index in [1.165, 1.54) is 0 Å². The number of fused-ring (bicyclic) bond motifs is 1. The molecule has 1 heterocycles. The van der Waals surface area contributed by atoms with Crippen LogP contribution < -0.4 is 10.1 Å². The molecule has 1 N–H and O–H groups in total. The second-order valence-corrected chi connectivity index (χ2v) is 7.34. The van der Waals surface area contributed by atoms with Gasteiger partial charge in [0.05, 0.1) is 8.59 Å². The van der Waals surface area contributed by atoms with Crippen molar-refractivity contribution in [2.75, 3.05) is 13.2 Å². The first kappa shape index (κ1) is 20.7. The van der Waals surface area contributed by atoms with Crippen molar-refractivity contribution in [2.45, 2.75) is 32.7 Å². The number of ether oxygens (including phenoxy) is 2. The number of aromatic nitrogens is 1. The average molecular weight is 491 g/mol. The zero-order chi connectivity index (χ0) is 19.1. The minimum atomic E-state index is -0.627. The standard InChI is InChI=1S/C18H20ClIN2O4/c1-3-5-11(2)22-15(23)9-25-16(24)10-26-18-14(20)8-13(19)12-6-4-7-21-17(12)18/h4,6-8,11H,3,5,9-10H2,1-2H3,(H,22,23). The number of carbonyl (C=O) groups excluding carboxylic acids is 2. The first-order chi connectivity index (χ1) is 12.4. The second-order valence-electron chi connectivity index (χ2n) is 5.78. The number of benzene rings is 1. The van der Waals surface area contributed by atoms with Gasteiger partial charge in [0.1, 0.15) is 5.52 Å². The third kappa shape index (κ3) is 5.70. The molecule has 1 amide bonds. The number of pyridine rings is 1. The van der Waals surface area contributed by atoms with Crippen molar-refractivity contribution in [1.29, 1.82) is 0 Å². The van der Waals surface area contributed by atoms with E-state index in [2.05, 4.69) is 32.9 Å². The summed E-state index contributed by atoms with van der Waals surface area (Å²) >= 11 is 8.28. The predicted molar refractivity (Wildman–Crippen MR) is 108 cm³/mol. The van der Waals surface area contributed by atoms with Crippen LogP contribution in [0.3, 0.4) is 0 Å². The van der Waals surface area contributed by atoms with E-state index in [0.29, 0.717) is 16.3 Å². The topological polar surface area (TPSA) is 77.5 Å². The zero-order valence-corrected chi connectivity index (χ0v) is 17.5. The third-order valence-electron chi connectivity index (χ3n) is 3.58. The molecule has 1 unspecified atom stereocenters. The summed E-state index contributed by atoms with van der Waals surface area (Å²) in [6.45, 7) is 3.30. The third-order valence-corrected chi connectivity index (χ3v) is 4.69. The molecular weight excluding hydrogens is 471 g/mol. The number of nitrogens with one attached hydrogen (secondary N) is 1. The first-order valence-corrected chi connectivity index (χ1v) is 9.68. The Morgan fingerprint density at radius 1 is 1.38 bits per heavy atom. The van der Waals surface area contributed by atoms with Crippen LogP contribution in [-0.4, -0.2) is 36.1 Å². The van der Waals surface area contributed by atoms with E-state index in [1.54, 1.807) is 18.3 Å². The molecule has 0 spiro atoms. The molecule has 0 aliphatic carbocycles. The summed E-state index contributed by atoms with van der Waals surface area (Å²) in [5.41, 5.74) is 0.573. The number of esters is 1. The van der Waals surface area contributed by atoms with Gasteiger partial charge in [0.15, 0.2) is 19.0 Å². The minimum absolute atomic E-state index is 0.0514. The fourth-order valence-corrected chi connectivity index (χ4v) is 3.59. The van der Waals surface area contributed by atoms with Crippen molar-refractivity contribution < 1.29 is 19.1 Å². The largest absolute Gasteiger partial charge is 0.478 e. The van der Waals surface area contributed by atoms with Crippen LogP contribution in [0.5, 0.6) is 5.75 Å². The van der Waals surface area contributed by atoms with Crippen molar-refractivity contribution in [3.63, 3.8) is 0 Å². The van der Waals surface area contributed by atoms with Crippen LogP contribution in [0.1, 0.15) is 26.7 Å². The van der Waals surface area contributed by atoms with Gasteiger partial charge in [-0.25, -0.2) is 4.79 Å². The summed E-state index contributed by atoms with van der Waals surface area (Å²) in [4.78, 5) is 27.9. The highest BCUT2D eigenvalue weighted by molar-refractivity contribution is 14.1. The van der Waals surface area contributed by atoms with Gasteiger partial charge in [-0.2, -0.15) is 0 Å². The van der Waals surface area contributed by atoms with E-state index in [-0.39, 0.29) is 25.2 Å². The summed E-state index contributed by atoms with van der Waals surface area (Å²) in [5, 5.41) is 4.07. The summed E-state index contributed by atoms with van der Waals surface area (Å²) in [6.07, 6.45) is 3.47. The van der Waals surface area contributed by atoms with Crippen LogP contribution in [0.25, 0.3) is 10.9 Å². The molecule has 8 heteroatoms. The summed E-state index contributed by atoms with van der Waals surface area (Å²) in [5.74, 6) is -0.491. The van der Waals surface area contributed by atoms with E-state index in [4.69, 9.17) is 21.1 Å². The summed E-state index contributed by atoms with van der Waals surface area (Å²) < 4.78 is 11.3. The number of rotatable bonds is 8. The fourth-order valence-electron chi connectivity index (χ4n) is 2.42. The van der Waals surface area contributed by atoms with E-state index >= 15 is 0 Å². The number of nitrogens with zero attached hydrogens (tertiary/aromatic N) is 1. The molecule has 26 heavy (non-hydrogen) atoms. The van der Waals surface area contributed by atoms with Crippen LogP contribution >= 0.6 is 34.2 Å². The molecule has 1 aromatic heterocycles. The van der Waals surface area contributed by atoms with Crippen molar-refractivity contribution in [2.24, 2.45) is 0 Å². The van der Waals surface area contributed by atoms with E-state index < -0.39 is 5.97 Å². The van der Waals surface area contributed by atoms with Gasteiger partial charge in [-0.1, -0.05) is 24.9 Å². The Balaban J connectivity index is 1.92. The Kier molecular flexibility index (Phi) is 7.89. The smallest absolute Gasteiger partial charge is 0.344 e. The van der Waals surface area contributed by atoms with Crippen LogP contribution in [0.4, 0.5) is 0 Å². The van der Waals surface area contributed by atoms with E-state index in [0.717, 1.165) is 21.8 Å². The van der Waals surface area contributed by atoms with Crippen LogP contribution in [0.15, 0.2) is 24.4 Å². The average Bonchev–Trinajstić information content (AvgIpc) is 2.60. The molecule has 1 atom stereocenters. The Hall–Kier alpha value is -1.61. The van der Waals surface area contributed by atoms with Crippen molar-refractivity contribution in [1.82, 2.24) is 10.3 Å². The van der Waals surface area contributed by atoms with Crippen LogP contribution in [-0.2, 0) is 14.3 Å². The lowest BCUT2D eigenvalue weighted by molar-refractivity contribution is -0.150. The highest BCUT2D eigenvalue weighted by atomic mass is 127. The Bertz CT molecular complexity index is 800. The van der Waals surface area contributed by atoms with Gasteiger partial charge in [-0.05, 0) is 54.1 Å². The number of carbonyl (C=O) groups is 2. The fraction of sp³-hybridized carbons (Fsp3) is 0.389. The SMILES string of the molecule is CCCC(C)NC(=O)COC(=O)COc1c(I)cc(Cl)c2cccnc12. The Morgan fingerprint density at radius 2 is 2.15 bits per heavy atom. The molecule has 0 fully saturated rings. The monoisotopic (exact) mass is 490 g/mol. The van der Waals surface area contributed by atoms with Gasteiger partial charge in [0, 0.05) is 17.6 Å². The maximum Gasteiger partial charge on any atom is 0.344 e. The summed E-state index contributed by atoms with van der Waals surface area (Å²) in [6, 6.07) is 5.40. The predicted octanol–water partition coefficient (Wildman–Crippen LogP) is 3.72. The summed E-state index contributed by atoms with van der Waals surface area (Å²) in [7, 11) is 0. The molecule has 6 nitrogen and oxygen atoms in total. The van der Waals surface area contributed by atoms with Gasteiger partial charge < -0.3 is 14.8 Å². The highest BCUT2D eigenvalue weighted by Gasteiger charge is 2.15. The minimum Gasteiger partial charge on any atom is -0.478 e. The van der Waals surface area contributed by atoms with Crippen LogP contribution in [0, 0.1) is 3.57 Å². The number of halogens is 2. The van der Waals surface area contributed by atoms with Crippen molar-refractivity contribution in [3.05, 3.63) is 33.0 Å². The molecule has 2 aromatic rings. The lowest BCUT2D eigenvalue weighted by Gasteiger charge is -2.13. The molecule has 0 bridgehead atoms. The highest BCUT2D eigenvalue weighted by Crippen LogP contribution is 2.34.